The standard InChI is InChI=1S/C10H10F3NO3S.ClH/c1-17-9(16)8(14)6-4-5(2-3-7(6)15)18-10(11,12)13;/h2-4,8,15H,14H2,1H3;1H/t8-;/m1./s1. The average molecular weight is 318 g/mol. The zero-order valence-electron chi connectivity index (χ0n) is 9.60. The van der Waals surface area contributed by atoms with Crippen LogP contribution in [0.1, 0.15) is 11.6 Å². The summed E-state index contributed by atoms with van der Waals surface area (Å²) in [7, 11) is 1.09. The normalized spacial score (nSPS) is 12.5. The molecule has 1 atom stereocenters. The first-order valence-electron chi connectivity index (χ1n) is 4.66. The first-order chi connectivity index (χ1) is 8.24. The number of carbonyl (C=O) groups excluding carboxylic acids is 1. The molecule has 0 aliphatic heterocycles. The number of hydrogen-bond donors (Lipinski definition) is 2. The highest BCUT2D eigenvalue weighted by Crippen LogP contribution is 2.39. The molecule has 0 aliphatic carbocycles. The predicted octanol–water partition coefficient (Wildman–Crippen LogP) is 2.60. The summed E-state index contributed by atoms with van der Waals surface area (Å²) >= 11 is -0.358. The van der Waals surface area contributed by atoms with Crippen LogP contribution in [0.25, 0.3) is 0 Å². The number of carbonyl (C=O) groups is 1. The first-order valence-corrected chi connectivity index (χ1v) is 5.48. The minimum absolute atomic E-state index is 0. The number of nitrogens with two attached hydrogens (primary N) is 1. The molecule has 0 unspecified atom stereocenters. The molecule has 0 bridgehead atoms. The Morgan fingerprint density at radius 1 is 1.47 bits per heavy atom. The largest absolute Gasteiger partial charge is 0.508 e. The number of esters is 1. The Balaban J connectivity index is 0.00000324. The third-order valence-corrected chi connectivity index (χ3v) is 2.74. The van der Waals surface area contributed by atoms with Crippen LogP contribution in [0.5, 0.6) is 5.75 Å². The fourth-order valence-electron chi connectivity index (χ4n) is 1.23. The topological polar surface area (TPSA) is 72.5 Å². The molecule has 9 heteroatoms. The van der Waals surface area contributed by atoms with E-state index >= 15 is 0 Å². The van der Waals surface area contributed by atoms with Crippen LogP contribution in [-0.2, 0) is 9.53 Å². The summed E-state index contributed by atoms with van der Waals surface area (Å²) in [6, 6.07) is 1.81. The zero-order valence-corrected chi connectivity index (χ0v) is 11.2. The summed E-state index contributed by atoms with van der Waals surface area (Å²) in [5.74, 6) is -1.21. The van der Waals surface area contributed by atoms with Gasteiger partial charge in [-0.1, -0.05) is 0 Å². The van der Waals surface area contributed by atoms with Crippen molar-refractivity contribution in [3.8, 4) is 5.75 Å². The van der Waals surface area contributed by atoms with Gasteiger partial charge in [-0.3, -0.25) is 4.79 Å². The summed E-state index contributed by atoms with van der Waals surface area (Å²) in [5, 5.41) is 9.47. The number of phenols is 1. The molecule has 1 aromatic carbocycles. The Morgan fingerprint density at radius 2 is 2.05 bits per heavy atom. The highest BCUT2D eigenvalue weighted by atomic mass is 35.5. The van der Waals surface area contributed by atoms with Crippen LogP contribution in [0.2, 0.25) is 0 Å². The van der Waals surface area contributed by atoms with Crippen molar-refractivity contribution in [2.24, 2.45) is 5.73 Å². The zero-order chi connectivity index (χ0) is 13.9. The molecule has 0 amide bonds. The van der Waals surface area contributed by atoms with Gasteiger partial charge in [-0.25, -0.2) is 0 Å². The lowest BCUT2D eigenvalue weighted by Crippen LogP contribution is -2.22. The van der Waals surface area contributed by atoms with E-state index in [4.69, 9.17) is 5.73 Å². The maximum atomic E-state index is 12.2. The molecule has 1 aromatic rings. The lowest BCUT2D eigenvalue weighted by molar-refractivity contribution is -0.142. The first kappa shape index (κ1) is 17.9. The van der Waals surface area contributed by atoms with Crippen molar-refractivity contribution in [2.45, 2.75) is 16.4 Å². The van der Waals surface area contributed by atoms with Gasteiger partial charge in [-0.2, -0.15) is 13.2 Å². The average Bonchev–Trinajstić information content (AvgIpc) is 2.28. The molecule has 108 valence electrons. The molecule has 0 spiro atoms. The number of alkyl halides is 3. The fourth-order valence-corrected chi connectivity index (χ4v) is 1.82. The minimum Gasteiger partial charge on any atom is -0.508 e. The Labute approximate surface area is 117 Å². The van der Waals surface area contributed by atoms with E-state index in [2.05, 4.69) is 4.74 Å². The van der Waals surface area contributed by atoms with Crippen molar-refractivity contribution in [3.05, 3.63) is 23.8 Å². The van der Waals surface area contributed by atoms with Gasteiger partial charge in [-0.15, -0.1) is 12.4 Å². The molecular formula is C10H11ClF3NO3S. The van der Waals surface area contributed by atoms with Gasteiger partial charge < -0.3 is 15.6 Å². The van der Waals surface area contributed by atoms with Gasteiger partial charge in [0.05, 0.1) is 7.11 Å². The minimum atomic E-state index is -4.45. The molecule has 0 radical (unpaired) electrons. The number of hydrogen-bond acceptors (Lipinski definition) is 5. The van der Waals surface area contributed by atoms with E-state index in [9.17, 15) is 23.1 Å². The molecule has 1 rings (SSSR count). The highest BCUT2D eigenvalue weighted by molar-refractivity contribution is 8.00. The lowest BCUT2D eigenvalue weighted by Gasteiger charge is -2.13. The molecule has 0 heterocycles. The number of benzene rings is 1. The van der Waals surface area contributed by atoms with Crippen molar-refractivity contribution < 1.29 is 27.8 Å². The van der Waals surface area contributed by atoms with Crippen LogP contribution in [0.15, 0.2) is 23.1 Å². The number of rotatable bonds is 3. The molecule has 0 fully saturated rings. The summed E-state index contributed by atoms with van der Waals surface area (Å²) in [6.07, 6.45) is 0. The Hall–Kier alpha value is -1.12. The quantitative estimate of drug-likeness (QED) is 0.662. The van der Waals surface area contributed by atoms with E-state index in [0.717, 1.165) is 25.3 Å². The van der Waals surface area contributed by atoms with Gasteiger partial charge in [0, 0.05) is 10.5 Å². The second kappa shape index (κ2) is 6.88. The van der Waals surface area contributed by atoms with Crippen LogP contribution < -0.4 is 5.73 Å². The fraction of sp³-hybridized carbons (Fsp3) is 0.300. The number of halogens is 4. The van der Waals surface area contributed by atoms with Crippen LogP contribution >= 0.6 is 24.2 Å². The van der Waals surface area contributed by atoms with Crippen LogP contribution in [0, 0.1) is 0 Å². The summed E-state index contributed by atoms with van der Waals surface area (Å²) in [4.78, 5) is 11.0. The number of thioether (sulfide) groups is 1. The highest BCUT2D eigenvalue weighted by Gasteiger charge is 2.30. The third-order valence-electron chi connectivity index (χ3n) is 2.02. The maximum Gasteiger partial charge on any atom is 0.446 e. The smallest absolute Gasteiger partial charge is 0.446 e. The van der Waals surface area contributed by atoms with Crippen molar-refractivity contribution in [2.75, 3.05) is 7.11 Å². The van der Waals surface area contributed by atoms with E-state index in [0.29, 0.717) is 0 Å². The Bertz CT molecular complexity index is 456. The number of methoxy groups -OCH3 is 1. The lowest BCUT2D eigenvalue weighted by atomic mass is 10.1. The second-order valence-electron chi connectivity index (χ2n) is 3.27. The molecule has 3 N–H and O–H groups in total. The van der Waals surface area contributed by atoms with Gasteiger partial charge in [0.15, 0.2) is 0 Å². The Kier molecular flexibility index (Phi) is 6.47. The molecule has 0 aliphatic rings. The van der Waals surface area contributed by atoms with E-state index in [1.54, 1.807) is 0 Å². The van der Waals surface area contributed by atoms with Gasteiger partial charge in [0.25, 0.3) is 0 Å². The number of phenolic OH excluding ortho intramolecular Hbond substituents is 1. The van der Waals surface area contributed by atoms with E-state index in [-0.39, 0.29) is 40.4 Å². The van der Waals surface area contributed by atoms with Crippen molar-refractivity contribution in [1.29, 1.82) is 0 Å². The van der Waals surface area contributed by atoms with Crippen LogP contribution in [-0.4, -0.2) is 23.7 Å². The molecular weight excluding hydrogens is 307 g/mol. The summed E-state index contributed by atoms with van der Waals surface area (Å²) in [5.41, 5.74) is 0.888. The van der Waals surface area contributed by atoms with E-state index in [1.807, 2.05) is 0 Å². The van der Waals surface area contributed by atoms with Crippen LogP contribution in [0.4, 0.5) is 13.2 Å². The molecule has 4 nitrogen and oxygen atoms in total. The Morgan fingerprint density at radius 3 is 2.53 bits per heavy atom. The van der Waals surface area contributed by atoms with Crippen molar-refractivity contribution in [1.82, 2.24) is 0 Å². The maximum absolute atomic E-state index is 12.2. The SMILES string of the molecule is COC(=O)[C@H](N)c1cc(SC(F)(F)F)ccc1O.Cl. The van der Waals surface area contributed by atoms with Gasteiger partial charge in [0.1, 0.15) is 11.8 Å². The van der Waals surface area contributed by atoms with Crippen molar-refractivity contribution in [3.63, 3.8) is 0 Å². The molecule has 0 saturated carbocycles. The molecule has 19 heavy (non-hydrogen) atoms. The number of ether oxygens (including phenoxy) is 1. The molecule has 0 saturated heterocycles. The summed E-state index contributed by atoms with van der Waals surface area (Å²) in [6.45, 7) is 0. The third kappa shape index (κ3) is 5.17. The predicted molar refractivity (Wildman–Crippen MR) is 66.2 cm³/mol. The summed E-state index contributed by atoms with van der Waals surface area (Å²) < 4.78 is 40.9. The van der Waals surface area contributed by atoms with Gasteiger partial charge in [-0.05, 0) is 30.0 Å². The molecule has 0 aromatic heterocycles. The van der Waals surface area contributed by atoms with E-state index in [1.165, 1.54) is 0 Å². The number of aromatic hydroxyl groups is 1. The van der Waals surface area contributed by atoms with Crippen molar-refractivity contribution >= 4 is 30.1 Å². The monoisotopic (exact) mass is 317 g/mol. The van der Waals surface area contributed by atoms with Crippen LogP contribution in [0.3, 0.4) is 0 Å². The van der Waals surface area contributed by atoms with E-state index < -0.39 is 17.5 Å². The second-order valence-corrected chi connectivity index (χ2v) is 4.41. The van der Waals surface area contributed by atoms with Gasteiger partial charge >= 0.3 is 11.5 Å². The van der Waals surface area contributed by atoms with Gasteiger partial charge in [0.2, 0.25) is 0 Å².